The molecule has 0 N–H and O–H groups in total. The number of hydrogen-bond acceptors (Lipinski definition) is 6. The summed E-state index contributed by atoms with van der Waals surface area (Å²) in [7, 11) is 0. The van der Waals surface area contributed by atoms with Crippen molar-refractivity contribution in [2.45, 2.75) is 36.8 Å². The molecule has 1 saturated carbocycles. The molecule has 2 saturated heterocycles. The van der Waals surface area contributed by atoms with Gasteiger partial charge in [0.1, 0.15) is 5.76 Å². The summed E-state index contributed by atoms with van der Waals surface area (Å²) in [4.78, 5) is 34.9. The van der Waals surface area contributed by atoms with Gasteiger partial charge >= 0.3 is 0 Å². The normalized spacial score (nSPS) is 24.7. The Morgan fingerprint density at radius 3 is 2.76 bits per heavy atom. The number of likely N-dealkylation sites (tertiary alicyclic amines) is 1. The summed E-state index contributed by atoms with van der Waals surface area (Å²) >= 11 is 0. The minimum atomic E-state index is -1.14. The Morgan fingerprint density at radius 1 is 1.15 bits per heavy atom. The minimum Gasteiger partial charge on any atom is -0.361 e. The number of hydrogen-bond donors (Lipinski definition) is 0. The van der Waals surface area contributed by atoms with Gasteiger partial charge in [0.15, 0.2) is 11.3 Å². The lowest BCUT2D eigenvalue weighted by atomic mass is 9.83. The molecule has 2 aromatic heterocycles. The summed E-state index contributed by atoms with van der Waals surface area (Å²) in [5.74, 6) is 0.635. The highest BCUT2D eigenvalue weighted by Gasteiger charge is 2.58. The average molecular weight is 459 g/mol. The van der Waals surface area contributed by atoms with Crippen molar-refractivity contribution < 1.29 is 18.8 Å². The average Bonchev–Trinajstić information content (AvgIpc) is 3.57. The Morgan fingerprint density at radius 2 is 2.00 bits per heavy atom. The molecule has 0 radical (unpaired) electrons. The maximum atomic E-state index is 13.9. The van der Waals surface area contributed by atoms with E-state index in [0.29, 0.717) is 31.2 Å². The molecule has 3 aromatic rings. The lowest BCUT2D eigenvalue weighted by molar-refractivity contribution is -0.160. The van der Waals surface area contributed by atoms with Crippen molar-refractivity contribution >= 4 is 11.8 Å². The second-order valence-electron chi connectivity index (χ2n) is 9.36. The quantitative estimate of drug-likeness (QED) is 0.584. The zero-order chi connectivity index (χ0) is 23.1. The summed E-state index contributed by atoms with van der Waals surface area (Å²) in [5.41, 5.74) is 1.14. The molecule has 2 amide bonds. The van der Waals surface area contributed by atoms with Crippen molar-refractivity contribution in [2.75, 3.05) is 26.2 Å². The Balaban J connectivity index is 1.30. The van der Waals surface area contributed by atoms with Crippen LogP contribution in [-0.4, -0.2) is 63.6 Å². The molecule has 0 bridgehead atoms. The molecule has 1 aromatic carbocycles. The zero-order valence-electron chi connectivity index (χ0n) is 18.8. The van der Waals surface area contributed by atoms with Crippen LogP contribution in [0.3, 0.4) is 0 Å². The van der Waals surface area contributed by atoms with Crippen LogP contribution in [0.5, 0.6) is 0 Å². The van der Waals surface area contributed by atoms with Crippen LogP contribution in [-0.2, 0) is 16.1 Å². The van der Waals surface area contributed by atoms with Gasteiger partial charge < -0.3 is 19.1 Å². The molecule has 3 fully saturated rings. The van der Waals surface area contributed by atoms with Crippen LogP contribution in [0.2, 0.25) is 0 Å². The molecule has 8 nitrogen and oxygen atoms in total. The maximum absolute atomic E-state index is 13.9. The highest BCUT2D eigenvalue weighted by atomic mass is 16.5. The molecule has 6 rings (SSSR count). The number of rotatable bonds is 5. The molecule has 2 atom stereocenters. The monoisotopic (exact) mass is 458 g/mol. The smallest absolute Gasteiger partial charge is 0.276 e. The fraction of sp³-hybridized carbons (Fsp3) is 0.385. The molecule has 2 unspecified atom stereocenters. The van der Waals surface area contributed by atoms with Crippen molar-refractivity contribution in [1.82, 2.24) is 19.9 Å². The first-order valence-electron chi connectivity index (χ1n) is 11.8. The minimum absolute atomic E-state index is 0.0958. The van der Waals surface area contributed by atoms with E-state index in [2.05, 4.69) is 10.1 Å². The van der Waals surface area contributed by atoms with Gasteiger partial charge in [-0.3, -0.25) is 14.6 Å². The number of carbonyl (C=O) groups is 2. The van der Waals surface area contributed by atoms with E-state index < -0.39 is 5.60 Å². The standard InChI is InChI=1S/C26H26N4O4/c31-24(22-13-23(34-28-22)20-8-9-20)29-11-12-33-26(17-29)21(19-6-2-1-3-7-19)16-30(25(26)32)15-18-5-4-10-27-14-18/h1-7,10,13-14,20-21H,8-9,11-12,15-17H2. The lowest BCUT2D eigenvalue weighted by Gasteiger charge is -2.41. The van der Waals surface area contributed by atoms with E-state index in [1.165, 1.54) is 0 Å². The highest BCUT2D eigenvalue weighted by Crippen LogP contribution is 2.43. The van der Waals surface area contributed by atoms with Gasteiger partial charge in [-0.15, -0.1) is 0 Å². The molecule has 4 heterocycles. The van der Waals surface area contributed by atoms with Gasteiger partial charge in [-0.2, -0.15) is 0 Å². The van der Waals surface area contributed by atoms with Gasteiger partial charge in [-0.05, 0) is 30.0 Å². The number of ether oxygens (including phenoxy) is 1. The van der Waals surface area contributed by atoms with E-state index in [1.54, 1.807) is 23.4 Å². The van der Waals surface area contributed by atoms with E-state index in [-0.39, 0.29) is 30.9 Å². The predicted molar refractivity (Wildman–Crippen MR) is 122 cm³/mol. The molecule has 1 aliphatic carbocycles. The van der Waals surface area contributed by atoms with Gasteiger partial charge in [0, 0.05) is 49.9 Å². The Bertz CT molecular complexity index is 1190. The predicted octanol–water partition coefficient (Wildman–Crippen LogP) is 2.98. The summed E-state index contributed by atoms with van der Waals surface area (Å²) in [6.45, 7) is 1.83. The van der Waals surface area contributed by atoms with E-state index in [1.807, 2.05) is 47.4 Å². The van der Waals surface area contributed by atoms with Gasteiger partial charge in [-0.1, -0.05) is 41.6 Å². The third-order valence-corrected chi connectivity index (χ3v) is 7.07. The second kappa shape index (κ2) is 8.36. The Labute approximate surface area is 197 Å². The van der Waals surface area contributed by atoms with E-state index in [4.69, 9.17) is 9.26 Å². The fourth-order valence-corrected chi connectivity index (χ4v) is 5.15. The summed E-state index contributed by atoms with van der Waals surface area (Å²) in [6.07, 6.45) is 5.64. The molecule has 8 heteroatoms. The molecular weight excluding hydrogens is 432 g/mol. The summed E-state index contributed by atoms with van der Waals surface area (Å²) in [6, 6.07) is 15.5. The molecule has 174 valence electrons. The van der Waals surface area contributed by atoms with Crippen LogP contribution in [0.4, 0.5) is 0 Å². The molecule has 2 aliphatic heterocycles. The van der Waals surface area contributed by atoms with Gasteiger partial charge in [0.05, 0.1) is 13.2 Å². The number of pyridine rings is 1. The molecule has 3 aliphatic rings. The third kappa shape index (κ3) is 3.68. The number of carbonyl (C=O) groups excluding carboxylic acids is 2. The van der Waals surface area contributed by atoms with Crippen molar-refractivity contribution in [3.05, 3.63) is 83.5 Å². The first-order chi connectivity index (χ1) is 16.6. The van der Waals surface area contributed by atoms with Gasteiger partial charge in [-0.25, -0.2) is 0 Å². The van der Waals surface area contributed by atoms with Crippen molar-refractivity contribution in [3.8, 4) is 0 Å². The number of morpholine rings is 1. The number of benzene rings is 1. The first-order valence-corrected chi connectivity index (χ1v) is 11.8. The number of aromatic nitrogens is 2. The van der Waals surface area contributed by atoms with E-state index >= 15 is 0 Å². The molecule has 34 heavy (non-hydrogen) atoms. The number of amides is 2. The molecular formula is C26H26N4O4. The van der Waals surface area contributed by atoms with Gasteiger partial charge in [0.25, 0.3) is 11.8 Å². The van der Waals surface area contributed by atoms with Crippen molar-refractivity contribution in [2.24, 2.45) is 0 Å². The largest absolute Gasteiger partial charge is 0.361 e. The highest BCUT2D eigenvalue weighted by molar-refractivity contribution is 5.95. The molecule has 1 spiro atoms. The SMILES string of the molecule is O=C(c1cc(C2CC2)on1)N1CCOC2(C1)C(=O)N(Cc1cccnc1)CC2c1ccccc1. The van der Waals surface area contributed by atoms with E-state index in [9.17, 15) is 9.59 Å². The van der Waals surface area contributed by atoms with Crippen LogP contribution in [0.1, 0.15) is 52.1 Å². The summed E-state index contributed by atoms with van der Waals surface area (Å²) in [5, 5.41) is 4.03. The Hall–Kier alpha value is -3.52. The zero-order valence-corrected chi connectivity index (χ0v) is 18.8. The van der Waals surface area contributed by atoms with Crippen LogP contribution in [0, 0.1) is 0 Å². The lowest BCUT2D eigenvalue weighted by Crippen LogP contribution is -2.59. The van der Waals surface area contributed by atoms with E-state index in [0.717, 1.165) is 29.7 Å². The van der Waals surface area contributed by atoms with Crippen molar-refractivity contribution in [3.63, 3.8) is 0 Å². The van der Waals surface area contributed by atoms with Crippen LogP contribution in [0.15, 0.2) is 65.4 Å². The van der Waals surface area contributed by atoms with Crippen molar-refractivity contribution in [1.29, 1.82) is 0 Å². The first kappa shape index (κ1) is 21.0. The van der Waals surface area contributed by atoms with Gasteiger partial charge in [0.2, 0.25) is 0 Å². The maximum Gasteiger partial charge on any atom is 0.276 e. The fourth-order valence-electron chi connectivity index (χ4n) is 5.15. The van der Waals surface area contributed by atoms with Crippen LogP contribution >= 0.6 is 0 Å². The van der Waals surface area contributed by atoms with Crippen LogP contribution < -0.4 is 0 Å². The third-order valence-electron chi connectivity index (χ3n) is 7.07. The topological polar surface area (TPSA) is 88.8 Å². The number of nitrogens with zero attached hydrogens (tertiary/aromatic N) is 4. The summed E-state index contributed by atoms with van der Waals surface area (Å²) < 4.78 is 11.7. The second-order valence-corrected chi connectivity index (χ2v) is 9.36. The van der Waals surface area contributed by atoms with Crippen LogP contribution in [0.25, 0.3) is 0 Å². The Kier molecular flexibility index (Phi) is 5.17.